The SMILES string of the molecule is CN(C)CCC[C@@]12CCCC[C@@H]1c1ccccc1O2. The summed E-state index contributed by atoms with van der Waals surface area (Å²) in [6, 6.07) is 8.69. The Morgan fingerprint density at radius 1 is 1.26 bits per heavy atom. The Kier molecular flexibility index (Phi) is 3.53. The van der Waals surface area contributed by atoms with Crippen molar-refractivity contribution in [1.82, 2.24) is 4.90 Å². The molecule has 2 nitrogen and oxygen atoms in total. The number of rotatable bonds is 4. The Bertz CT molecular complexity index is 443. The molecule has 0 radical (unpaired) electrons. The summed E-state index contributed by atoms with van der Waals surface area (Å²) in [6.45, 7) is 1.16. The molecule has 0 aromatic heterocycles. The van der Waals surface area contributed by atoms with Gasteiger partial charge in [-0.05, 0) is 58.8 Å². The highest BCUT2D eigenvalue weighted by Gasteiger charge is 2.48. The first-order valence-electron chi connectivity index (χ1n) is 7.64. The van der Waals surface area contributed by atoms with Crippen molar-refractivity contribution in [3.8, 4) is 5.75 Å². The summed E-state index contributed by atoms with van der Waals surface area (Å²) < 4.78 is 6.46. The predicted octanol–water partition coefficient (Wildman–Crippen LogP) is 3.82. The molecule has 2 aliphatic rings. The van der Waals surface area contributed by atoms with Crippen LogP contribution in [0.1, 0.15) is 50.0 Å². The van der Waals surface area contributed by atoms with E-state index in [9.17, 15) is 0 Å². The summed E-state index contributed by atoms with van der Waals surface area (Å²) >= 11 is 0. The predicted molar refractivity (Wildman–Crippen MR) is 78.8 cm³/mol. The molecule has 0 unspecified atom stereocenters. The van der Waals surface area contributed by atoms with E-state index in [0.29, 0.717) is 5.92 Å². The fourth-order valence-electron chi connectivity index (χ4n) is 3.90. The Morgan fingerprint density at radius 2 is 2.11 bits per heavy atom. The maximum atomic E-state index is 6.46. The average Bonchev–Trinajstić information content (AvgIpc) is 2.72. The van der Waals surface area contributed by atoms with Gasteiger partial charge in [-0.25, -0.2) is 0 Å². The van der Waals surface area contributed by atoms with Crippen LogP contribution in [0.2, 0.25) is 0 Å². The van der Waals surface area contributed by atoms with E-state index in [1.807, 2.05) is 0 Å². The molecule has 0 bridgehead atoms. The van der Waals surface area contributed by atoms with Gasteiger partial charge >= 0.3 is 0 Å². The summed E-state index contributed by atoms with van der Waals surface area (Å²) in [5.41, 5.74) is 1.57. The topological polar surface area (TPSA) is 12.5 Å². The van der Waals surface area contributed by atoms with E-state index in [4.69, 9.17) is 4.74 Å². The van der Waals surface area contributed by atoms with Crippen LogP contribution in [-0.2, 0) is 0 Å². The summed E-state index contributed by atoms with van der Waals surface area (Å²) in [6.07, 6.45) is 7.66. The van der Waals surface area contributed by atoms with Crippen LogP contribution in [0.3, 0.4) is 0 Å². The van der Waals surface area contributed by atoms with Crippen molar-refractivity contribution in [1.29, 1.82) is 0 Å². The van der Waals surface area contributed by atoms with Crippen molar-refractivity contribution >= 4 is 0 Å². The lowest BCUT2D eigenvalue weighted by Gasteiger charge is -2.38. The quantitative estimate of drug-likeness (QED) is 0.815. The lowest BCUT2D eigenvalue weighted by atomic mass is 9.71. The van der Waals surface area contributed by atoms with Gasteiger partial charge in [0, 0.05) is 11.5 Å². The van der Waals surface area contributed by atoms with E-state index >= 15 is 0 Å². The third-order valence-corrected chi connectivity index (χ3v) is 4.79. The van der Waals surface area contributed by atoms with Gasteiger partial charge in [-0.1, -0.05) is 24.6 Å². The van der Waals surface area contributed by atoms with Crippen LogP contribution in [0, 0.1) is 0 Å². The van der Waals surface area contributed by atoms with Crippen LogP contribution in [0.5, 0.6) is 5.75 Å². The Labute approximate surface area is 116 Å². The summed E-state index contributed by atoms with van der Waals surface area (Å²) in [4.78, 5) is 2.27. The monoisotopic (exact) mass is 259 g/mol. The molecule has 19 heavy (non-hydrogen) atoms. The van der Waals surface area contributed by atoms with Crippen molar-refractivity contribution in [2.75, 3.05) is 20.6 Å². The number of hydrogen-bond acceptors (Lipinski definition) is 2. The number of benzene rings is 1. The average molecular weight is 259 g/mol. The molecule has 1 aromatic rings. The van der Waals surface area contributed by atoms with E-state index in [1.54, 1.807) is 0 Å². The van der Waals surface area contributed by atoms with Gasteiger partial charge in [-0.15, -0.1) is 0 Å². The van der Waals surface area contributed by atoms with Crippen LogP contribution >= 0.6 is 0 Å². The van der Waals surface area contributed by atoms with E-state index in [2.05, 4.69) is 43.3 Å². The summed E-state index contributed by atoms with van der Waals surface area (Å²) in [5, 5.41) is 0. The molecule has 3 rings (SSSR count). The van der Waals surface area contributed by atoms with Crippen molar-refractivity contribution in [2.24, 2.45) is 0 Å². The molecule has 1 aliphatic carbocycles. The first kappa shape index (κ1) is 13.0. The molecule has 0 saturated heterocycles. The first-order chi connectivity index (χ1) is 9.21. The third-order valence-electron chi connectivity index (χ3n) is 4.79. The maximum Gasteiger partial charge on any atom is 0.123 e. The van der Waals surface area contributed by atoms with Gasteiger partial charge in [0.15, 0.2) is 0 Å². The largest absolute Gasteiger partial charge is 0.486 e. The number of ether oxygens (including phenoxy) is 1. The minimum atomic E-state index is 0.109. The van der Waals surface area contributed by atoms with Crippen LogP contribution in [0.25, 0.3) is 0 Å². The smallest absolute Gasteiger partial charge is 0.123 e. The van der Waals surface area contributed by atoms with Gasteiger partial charge in [-0.2, -0.15) is 0 Å². The normalized spacial score (nSPS) is 28.9. The molecule has 1 heterocycles. The van der Waals surface area contributed by atoms with Gasteiger partial charge < -0.3 is 9.64 Å². The fourth-order valence-corrected chi connectivity index (χ4v) is 3.90. The van der Waals surface area contributed by atoms with Crippen molar-refractivity contribution < 1.29 is 4.74 Å². The second-order valence-electron chi connectivity index (χ2n) is 6.41. The standard InChI is InChI=1S/C17H25NO/c1-18(2)13-7-12-17-11-6-5-9-15(17)14-8-3-4-10-16(14)19-17/h3-4,8,10,15H,5-7,9,11-13H2,1-2H3/t15-,17+/m1/s1. The lowest BCUT2D eigenvalue weighted by Crippen LogP contribution is -2.41. The van der Waals surface area contributed by atoms with Gasteiger partial charge in [0.1, 0.15) is 11.4 Å². The van der Waals surface area contributed by atoms with Crippen LogP contribution in [0.15, 0.2) is 24.3 Å². The number of para-hydroxylation sites is 1. The van der Waals surface area contributed by atoms with Crippen molar-refractivity contribution in [3.05, 3.63) is 29.8 Å². The zero-order valence-corrected chi connectivity index (χ0v) is 12.2. The second-order valence-corrected chi connectivity index (χ2v) is 6.41. The molecule has 2 heteroatoms. The Morgan fingerprint density at radius 3 is 2.95 bits per heavy atom. The zero-order valence-electron chi connectivity index (χ0n) is 12.2. The number of hydrogen-bond donors (Lipinski definition) is 0. The molecular formula is C17H25NO. The van der Waals surface area contributed by atoms with Crippen LogP contribution < -0.4 is 4.74 Å². The molecular weight excluding hydrogens is 234 g/mol. The first-order valence-corrected chi connectivity index (χ1v) is 7.64. The molecule has 1 fully saturated rings. The molecule has 0 N–H and O–H groups in total. The Hall–Kier alpha value is -1.02. The lowest BCUT2D eigenvalue weighted by molar-refractivity contribution is 0.0239. The van der Waals surface area contributed by atoms with Gasteiger partial charge in [-0.3, -0.25) is 0 Å². The van der Waals surface area contributed by atoms with Gasteiger partial charge in [0.05, 0.1) is 0 Å². The Balaban J connectivity index is 1.79. The molecule has 0 amide bonds. The molecule has 1 saturated carbocycles. The molecule has 1 aromatic carbocycles. The van der Waals surface area contributed by atoms with Crippen LogP contribution in [0.4, 0.5) is 0 Å². The van der Waals surface area contributed by atoms with Gasteiger partial charge in [0.2, 0.25) is 0 Å². The molecule has 2 atom stereocenters. The highest BCUT2D eigenvalue weighted by molar-refractivity contribution is 5.43. The highest BCUT2D eigenvalue weighted by atomic mass is 16.5. The van der Waals surface area contributed by atoms with Gasteiger partial charge in [0.25, 0.3) is 0 Å². The number of nitrogens with zero attached hydrogens (tertiary/aromatic N) is 1. The summed E-state index contributed by atoms with van der Waals surface area (Å²) in [7, 11) is 4.31. The van der Waals surface area contributed by atoms with Crippen molar-refractivity contribution in [2.45, 2.75) is 50.0 Å². The molecule has 104 valence electrons. The third kappa shape index (κ3) is 2.38. The van der Waals surface area contributed by atoms with E-state index < -0.39 is 0 Å². The molecule has 1 aliphatic heterocycles. The summed E-state index contributed by atoms with van der Waals surface area (Å²) in [5.74, 6) is 1.79. The minimum Gasteiger partial charge on any atom is -0.486 e. The van der Waals surface area contributed by atoms with Crippen LogP contribution in [-0.4, -0.2) is 31.1 Å². The van der Waals surface area contributed by atoms with E-state index in [-0.39, 0.29) is 5.60 Å². The maximum absolute atomic E-state index is 6.46. The zero-order chi connectivity index (χ0) is 13.3. The fraction of sp³-hybridized carbons (Fsp3) is 0.647. The number of fused-ring (bicyclic) bond motifs is 3. The molecule has 0 spiro atoms. The minimum absolute atomic E-state index is 0.109. The van der Waals surface area contributed by atoms with Crippen molar-refractivity contribution in [3.63, 3.8) is 0 Å². The van der Waals surface area contributed by atoms with E-state index in [0.717, 1.165) is 12.3 Å². The van der Waals surface area contributed by atoms with E-state index in [1.165, 1.54) is 44.1 Å². The highest BCUT2D eigenvalue weighted by Crippen LogP contribution is 2.53. The second kappa shape index (κ2) is 5.16.